The first kappa shape index (κ1) is 9.18. The summed E-state index contributed by atoms with van der Waals surface area (Å²) in [4.78, 5) is 3.50. The van der Waals surface area contributed by atoms with Crippen molar-refractivity contribution in [2.24, 2.45) is 0 Å². The number of rotatable bonds is 1. The van der Waals surface area contributed by atoms with Gasteiger partial charge in [-0.1, -0.05) is 0 Å². The maximum absolute atomic E-state index is 12.3. The van der Waals surface area contributed by atoms with Crippen molar-refractivity contribution in [1.82, 2.24) is 4.98 Å². The highest BCUT2D eigenvalue weighted by atomic mass is 79.9. The lowest BCUT2D eigenvalue weighted by atomic mass is 10.2. The lowest BCUT2D eigenvalue weighted by Gasteiger charge is -2.07. The van der Waals surface area contributed by atoms with Crippen molar-refractivity contribution in [2.45, 2.75) is 6.43 Å². The fraction of sp³-hybridized carbons (Fsp3) is 0.167. The average molecular weight is 238 g/mol. The predicted octanol–water partition coefficient (Wildman–Crippen LogP) is 1.95. The van der Waals surface area contributed by atoms with E-state index in [1.54, 1.807) is 0 Å². The minimum absolute atomic E-state index is 0.116. The van der Waals surface area contributed by atoms with Gasteiger partial charge in [0.15, 0.2) is 0 Å². The van der Waals surface area contributed by atoms with Crippen LogP contribution in [0, 0.1) is 0 Å². The van der Waals surface area contributed by atoms with Crippen LogP contribution < -0.4 is 11.5 Å². The molecule has 0 aromatic carbocycles. The SMILES string of the molecule is Nc1cnc(N)c(C(F)F)c1Br. The minimum Gasteiger partial charge on any atom is -0.397 e. The van der Waals surface area contributed by atoms with E-state index >= 15 is 0 Å². The number of nitrogen functional groups attached to an aromatic ring is 2. The summed E-state index contributed by atoms with van der Waals surface area (Å²) >= 11 is 2.91. The Balaban J connectivity index is 3.33. The van der Waals surface area contributed by atoms with Crippen molar-refractivity contribution in [3.05, 3.63) is 16.2 Å². The zero-order valence-electron chi connectivity index (χ0n) is 5.89. The summed E-state index contributed by atoms with van der Waals surface area (Å²) < 4.78 is 24.6. The summed E-state index contributed by atoms with van der Waals surface area (Å²) in [6.45, 7) is 0. The smallest absolute Gasteiger partial charge is 0.268 e. The lowest BCUT2D eigenvalue weighted by molar-refractivity contribution is 0.151. The fourth-order valence-corrected chi connectivity index (χ4v) is 1.22. The van der Waals surface area contributed by atoms with Gasteiger partial charge in [0.25, 0.3) is 6.43 Å². The number of anilines is 2. The molecule has 66 valence electrons. The van der Waals surface area contributed by atoms with Crippen LogP contribution in [0.1, 0.15) is 12.0 Å². The molecule has 0 fully saturated rings. The predicted molar refractivity (Wildman–Crippen MR) is 45.7 cm³/mol. The number of hydrogen-bond donors (Lipinski definition) is 2. The summed E-state index contributed by atoms with van der Waals surface area (Å²) in [5.41, 5.74) is 10.3. The van der Waals surface area contributed by atoms with Crippen LogP contribution in [0.4, 0.5) is 20.3 Å². The molecule has 1 heterocycles. The van der Waals surface area contributed by atoms with Crippen LogP contribution in [0.15, 0.2) is 10.7 Å². The topological polar surface area (TPSA) is 64.9 Å². The molecule has 0 saturated carbocycles. The summed E-state index contributed by atoms with van der Waals surface area (Å²) in [5, 5.41) is 0. The zero-order valence-corrected chi connectivity index (χ0v) is 7.48. The Hall–Kier alpha value is -0.910. The molecule has 1 aromatic rings. The van der Waals surface area contributed by atoms with Crippen molar-refractivity contribution in [3.8, 4) is 0 Å². The van der Waals surface area contributed by atoms with Crippen LogP contribution in [0.25, 0.3) is 0 Å². The van der Waals surface area contributed by atoms with Crippen LogP contribution in [0.3, 0.4) is 0 Å². The molecule has 0 aliphatic heterocycles. The maximum Gasteiger partial charge on any atom is 0.268 e. The molecule has 0 bridgehead atoms. The van der Waals surface area contributed by atoms with E-state index in [0.29, 0.717) is 0 Å². The Kier molecular flexibility index (Phi) is 2.46. The van der Waals surface area contributed by atoms with Gasteiger partial charge in [-0.25, -0.2) is 13.8 Å². The molecule has 1 rings (SSSR count). The summed E-state index contributed by atoms with van der Waals surface area (Å²) in [6, 6.07) is 0. The normalized spacial score (nSPS) is 10.7. The van der Waals surface area contributed by atoms with Crippen LogP contribution in [-0.2, 0) is 0 Å². The van der Waals surface area contributed by atoms with Crippen molar-refractivity contribution in [1.29, 1.82) is 0 Å². The monoisotopic (exact) mass is 237 g/mol. The van der Waals surface area contributed by atoms with Crippen molar-refractivity contribution in [3.63, 3.8) is 0 Å². The molecule has 6 heteroatoms. The average Bonchev–Trinajstić information content (AvgIpc) is 1.97. The largest absolute Gasteiger partial charge is 0.397 e. The first-order valence-electron chi connectivity index (χ1n) is 3.01. The molecule has 3 nitrogen and oxygen atoms in total. The second-order valence-corrected chi connectivity index (χ2v) is 2.92. The Labute approximate surface area is 75.9 Å². The van der Waals surface area contributed by atoms with Gasteiger partial charge in [-0.2, -0.15) is 0 Å². The highest BCUT2D eigenvalue weighted by Crippen LogP contribution is 2.34. The van der Waals surface area contributed by atoms with Crippen LogP contribution in [-0.4, -0.2) is 4.98 Å². The first-order valence-corrected chi connectivity index (χ1v) is 3.80. The van der Waals surface area contributed by atoms with E-state index < -0.39 is 6.43 Å². The number of alkyl halides is 2. The van der Waals surface area contributed by atoms with Crippen LogP contribution in [0.5, 0.6) is 0 Å². The van der Waals surface area contributed by atoms with E-state index in [0.717, 1.165) is 0 Å². The molecule has 0 aliphatic carbocycles. The summed E-state index contributed by atoms with van der Waals surface area (Å²) in [6.07, 6.45) is -1.44. The van der Waals surface area contributed by atoms with Crippen molar-refractivity contribution in [2.75, 3.05) is 11.5 Å². The van der Waals surface area contributed by atoms with Gasteiger partial charge in [-0.3, -0.25) is 0 Å². The van der Waals surface area contributed by atoms with Crippen LogP contribution >= 0.6 is 15.9 Å². The Morgan fingerprint density at radius 3 is 2.42 bits per heavy atom. The molecule has 0 saturated heterocycles. The highest BCUT2D eigenvalue weighted by Gasteiger charge is 2.17. The number of aromatic nitrogens is 1. The molecule has 4 N–H and O–H groups in total. The van der Waals surface area contributed by atoms with E-state index in [4.69, 9.17) is 11.5 Å². The number of hydrogen-bond acceptors (Lipinski definition) is 3. The third kappa shape index (κ3) is 1.47. The molecule has 0 radical (unpaired) electrons. The van der Waals surface area contributed by atoms with E-state index in [9.17, 15) is 8.78 Å². The number of halogens is 3. The molecule has 0 aliphatic rings. The van der Waals surface area contributed by atoms with Crippen LogP contribution in [0.2, 0.25) is 0 Å². The van der Waals surface area contributed by atoms with Gasteiger partial charge in [0.05, 0.1) is 21.9 Å². The van der Waals surface area contributed by atoms with E-state index in [1.807, 2.05) is 0 Å². The van der Waals surface area contributed by atoms with E-state index in [1.165, 1.54) is 6.20 Å². The van der Waals surface area contributed by atoms with E-state index in [-0.39, 0.29) is 21.5 Å². The van der Waals surface area contributed by atoms with Crippen molar-refractivity contribution < 1.29 is 8.78 Å². The second-order valence-electron chi connectivity index (χ2n) is 2.13. The molecule has 0 spiro atoms. The second kappa shape index (κ2) is 3.22. The van der Waals surface area contributed by atoms with Gasteiger partial charge in [0, 0.05) is 0 Å². The van der Waals surface area contributed by atoms with Gasteiger partial charge >= 0.3 is 0 Å². The molecular weight excluding hydrogens is 232 g/mol. The molecule has 0 atom stereocenters. The molecule has 0 amide bonds. The number of nitrogens with zero attached hydrogens (tertiary/aromatic N) is 1. The zero-order chi connectivity index (χ0) is 9.30. The summed E-state index contributed by atoms with van der Waals surface area (Å²) in [5.74, 6) is -0.203. The molecule has 1 aromatic heterocycles. The van der Waals surface area contributed by atoms with Gasteiger partial charge in [0.1, 0.15) is 5.82 Å². The molecule has 12 heavy (non-hydrogen) atoms. The minimum atomic E-state index is -2.67. The maximum atomic E-state index is 12.3. The standard InChI is InChI=1S/C6H6BrF2N3/c7-4-2(10)1-12-6(11)3(4)5(8)9/h1,5H,10H2,(H2,11,12). The quantitative estimate of drug-likeness (QED) is 0.785. The van der Waals surface area contributed by atoms with Gasteiger partial charge in [0.2, 0.25) is 0 Å². The molecule has 0 unspecified atom stereocenters. The van der Waals surface area contributed by atoms with Gasteiger partial charge in [-0.15, -0.1) is 0 Å². The molecular formula is C6H6BrF2N3. The van der Waals surface area contributed by atoms with E-state index in [2.05, 4.69) is 20.9 Å². The number of pyridine rings is 1. The van der Waals surface area contributed by atoms with Crippen molar-refractivity contribution >= 4 is 27.4 Å². The highest BCUT2D eigenvalue weighted by molar-refractivity contribution is 9.10. The Bertz CT molecular complexity index is 303. The third-order valence-corrected chi connectivity index (χ3v) is 2.21. The van der Waals surface area contributed by atoms with Gasteiger partial charge in [-0.05, 0) is 15.9 Å². The Morgan fingerprint density at radius 1 is 1.42 bits per heavy atom. The number of nitrogens with two attached hydrogens (primary N) is 2. The van der Waals surface area contributed by atoms with Gasteiger partial charge < -0.3 is 11.5 Å². The fourth-order valence-electron chi connectivity index (χ4n) is 0.741. The Morgan fingerprint density at radius 2 is 2.00 bits per heavy atom. The first-order chi connectivity index (χ1) is 5.54. The third-order valence-electron chi connectivity index (χ3n) is 1.33. The lowest BCUT2D eigenvalue weighted by Crippen LogP contribution is -2.02. The summed E-state index contributed by atoms with van der Waals surface area (Å²) in [7, 11) is 0.